The van der Waals surface area contributed by atoms with Crippen molar-refractivity contribution < 1.29 is 19.5 Å². The highest BCUT2D eigenvalue weighted by Crippen LogP contribution is 2.24. The molecule has 0 aliphatic rings. The number of hydrogen-bond donors (Lipinski definition) is 4. The van der Waals surface area contributed by atoms with Crippen LogP contribution in [0.4, 0.5) is 10.5 Å². The van der Waals surface area contributed by atoms with Crippen molar-refractivity contribution in [3.8, 4) is 0 Å². The van der Waals surface area contributed by atoms with Crippen molar-refractivity contribution in [1.29, 1.82) is 0 Å². The van der Waals surface area contributed by atoms with E-state index in [1.807, 2.05) is 0 Å². The minimum atomic E-state index is -1.27. The standard InChI is InChI=1S/C11H12ClN3O4/c1-5(14-11(13)19)9(16)15-7-4-2-3-6(12)8(7)10(17)18/h2-5H,1H3,(H,15,16)(H,17,18)(H3,13,14,19). The lowest BCUT2D eigenvalue weighted by Gasteiger charge is -2.14. The second kappa shape index (κ2) is 6.05. The number of urea groups is 1. The number of nitrogens with one attached hydrogen (secondary N) is 2. The molecule has 8 heteroatoms. The predicted molar refractivity (Wildman–Crippen MR) is 69.2 cm³/mol. The van der Waals surface area contributed by atoms with Gasteiger partial charge in [0.15, 0.2) is 0 Å². The largest absolute Gasteiger partial charge is 0.478 e. The first-order valence-electron chi connectivity index (χ1n) is 5.21. The Hall–Kier alpha value is -2.28. The number of aromatic carboxylic acids is 1. The fraction of sp³-hybridized carbons (Fsp3) is 0.182. The molecule has 1 rings (SSSR count). The number of carbonyl (C=O) groups excluding carboxylic acids is 2. The molecule has 0 aromatic heterocycles. The zero-order valence-corrected chi connectivity index (χ0v) is 10.7. The molecule has 1 aromatic carbocycles. The van der Waals surface area contributed by atoms with Crippen molar-refractivity contribution in [2.24, 2.45) is 5.73 Å². The molecule has 3 amide bonds. The van der Waals surface area contributed by atoms with Crippen molar-refractivity contribution in [1.82, 2.24) is 5.32 Å². The lowest BCUT2D eigenvalue weighted by Crippen LogP contribution is -2.44. The molecule has 0 heterocycles. The van der Waals surface area contributed by atoms with Gasteiger partial charge < -0.3 is 21.5 Å². The summed E-state index contributed by atoms with van der Waals surface area (Å²) in [6.07, 6.45) is 0. The number of rotatable bonds is 4. The van der Waals surface area contributed by atoms with Gasteiger partial charge in [0, 0.05) is 0 Å². The molecule has 5 N–H and O–H groups in total. The van der Waals surface area contributed by atoms with Crippen LogP contribution in [0.2, 0.25) is 5.02 Å². The summed E-state index contributed by atoms with van der Waals surface area (Å²) in [4.78, 5) is 33.4. The number of amides is 3. The first-order valence-corrected chi connectivity index (χ1v) is 5.59. The van der Waals surface area contributed by atoms with Gasteiger partial charge in [0.25, 0.3) is 0 Å². The van der Waals surface area contributed by atoms with E-state index in [0.29, 0.717) is 0 Å². The van der Waals surface area contributed by atoms with E-state index in [0.717, 1.165) is 0 Å². The minimum absolute atomic E-state index is 0.000753. The normalized spacial score (nSPS) is 11.5. The molecular formula is C11H12ClN3O4. The Morgan fingerprint density at radius 2 is 2.00 bits per heavy atom. The molecule has 102 valence electrons. The SMILES string of the molecule is CC(NC(N)=O)C(=O)Nc1cccc(Cl)c1C(=O)O. The maximum absolute atomic E-state index is 11.7. The van der Waals surface area contributed by atoms with Crippen LogP contribution < -0.4 is 16.4 Å². The van der Waals surface area contributed by atoms with Gasteiger partial charge in [-0.2, -0.15) is 0 Å². The summed E-state index contributed by atoms with van der Waals surface area (Å²) in [5, 5.41) is 13.6. The highest BCUT2D eigenvalue weighted by molar-refractivity contribution is 6.34. The van der Waals surface area contributed by atoms with E-state index in [2.05, 4.69) is 10.6 Å². The fourth-order valence-corrected chi connectivity index (χ4v) is 1.62. The summed E-state index contributed by atoms with van der Waals surface area (Å²) in [6, 6.07) is 2.53. The second-order valence-corrected chi connectivity index (χ2v) is 4.09. The molecule has 1 atom stereocenters. The maximum atomic E-state index is 11.7. The van der Waals surface area contributed by atoms with Gasteiger partial charge in [-0.1, -0.05) is 17.7 Å². The van der Waals surface area contributed by atoms with Gasteiger partial charge in [-0.15, -0.1) is 0 Å². The average molecular weight is 286 g/mol. The minimum Gasteiger partial charge on any atom is -0.478 e. The van der Waals surface area contributed by atoms with Crippen LogP contribution in [0.5, 0.6) is 0 Å². The summed E-state index contributed by atoms with van der Waals surface area (Å²) >= 11 is 5.75. The average Bonchev–Trinajstić information content (AvgIpc) is 2.27. The van der Waals surface area contributed by atoms with E-state index in [1.165, 1.54) is 25.1 Å². The fourth-order valence-electron chi connectivity index (χ4n) is 1.37. The number of hydrogen-bond acceptors (Lipinski definition) is 3. The van der Waals surface area contributed by atoms with E-state index in [4.69, 9.17) is 22.4 Å². The van der Waals surface area contributed by atoms with Crippen molar-refractivity contribution >= 4 is 35.2 Å². The molecule has 1 unspecified atom stereocenters. The molecule has 0 aliphatic carbocycles. The van der Waals surface area contributed by atoms with Gasteiger partial charge in [0.1, 0.15) is 11.6 Å². The lowest BCUT2D eigenvalue weighted by molar-refractivity contribution is -0.117. The first kappa shape index (κ1) is 14.8. The lowest BCUT2D eigenvalue weighted by atomic mass is 10.1. The van der Waals surface area contributed by atoms with Crippen LogP contribution in [0.15, 0.2) is 18.2 Å². The Bertz CT molecular complexity index is 533. The van der Waals surface area contributed by atoms with Crippen LogP contribution in [-0.4, -0.2) is 29.1 Å². The van der Waals surface area contributed by atoms with Crippen LogP contribution in [0.1, 0.15) is 17.3 Å². The van der Waals surface area contributed by atoms with E-state index < -0.39 is 23.9 Å². The van der Waals surface area contributed by atoms with Crippen molar-refractivity contribution in [3.05, 3.63) is 28.8 Å². The number of anilines is 1. The summed E-state index contributed by atoms with van der Waals surface area (Å²) in [5.41, 5.74) is 4.71. The third-order valence-electron chi connectivity index (χ3n) is 2.24. The van der Waals surface area contributed by atoms with E-state index >= 15 is 0 Å². The van der Waals surface area contributed by atoms with Gasteiger partial charge in [-0.25, -0.2) is 9.59 Å². The highest BCUT2D eigenvalue weighted by Gasteiger charge is 2.19. The van der Waals surface area contributed by atoms with Gasteiger partial charge in [-0.3, -0.25) is 4.79 Å². The topological polar surface area (TPSA) is 122 Å². The highest BCUT2D eigenvalue weighted by atomic mass is 35.5. The smallest absolute Gasteiger partial charge is 0.339 e. The number of carbonyl (C=O) groups is 3. The van der Waals surface area contributed by atoms with Gasteiger partial charge in [-0.05, 0) is 19.1 Å². The van der Waals surface area contributed by atoms with Crippen LogP contribution in [-0.2, 0) is 4.79 Å². The Morgan fingerprint density at radius 3 is 2.53 bits per heavy atom. The van der Waals surface area contributed by atoms with Crippen molar-refractivity contribution in [2.75, 3.05) is 5.32 Å². The van der Waals surface area contributed by atoms with E-state index in [-0.39, 0.29) is 16.3 Å². The molecule has 0 aliphatic heterocycles. The Morgan fingerprint density at radius 1 is 1.37 bits per heavy atom. The number of halogens is 1. The first-order chi connectivity index (χ1) is 8.82. The van der Waals surface area contributed by atoms with Crippen LogP contribution in [0.25, 0.3) is 0 Å². The summed E-state index contributed by atoms with van der Waals surface area (Å²) in [6.45, 7) is 1.41. The molecule has 0 radical (unpaired) electrons. The predicted octanol–water partition coefficient (Wildman–Crippen LogP) is 1.03. The van der Waals surface area contributed by atoms with Crippen molar-refractivity contribution in [3.63, 3.8) is 0 Å². The molecular weight excluding hydrogens is 274 g/mol. The molecule has 0 saturated heterocycles. The van der Waals surface area contributed by atoms with E-state index in [1.54, 1.807) is 0 Å². The number of benzene rings is 1. The maximum Gasteiger partial charge on any atom is 0.339 e. The summed E-state index contributed by atoms with van der Waals surface area (Å²) in [7, 11) is 0. The zero-order valence-electron chi connectivity index (χ0n) is 9.94. The number of primary amides is 1. The second-order valence-electron chi connectivity index (χ2n) is 3.69. The van der Waals surface area contributed by atoms with Gasteiger partial charge in [0.2, 0.25) is 5.91 Å². The van der Waals surface area contributed by atoms with Crippen LogP contribution in [0.3, 0.4) is 0 Å². The molecule has 0 fully saturated rings. The summed E-state index contributed by atoms with van der Waals surface area (Å²) < 4.78 is 0. The Kier molecular flexibility index (Phi) is 4.71. The molecule has 7 nitrogen and oxygen atoms in total. The third-order valence-corrected chi connectivity index (χ3v) is 2.55. The quantitative estimate of drug-likeness (QED) is 0.660. The molecule has 0 bridgehead atoms. The molecule has 0 spiro atoms. The number of carboxylic acid groups (broad SMARTS) is 1. The Balaban J connectivity index is 2.94. The molecule has 0 saturated carbocycles. The molecule has 19 heavy (non-hydrogen) atoms. The number of nitrogens with two attached hydrogens (primary N) is 1. The van der Waals surface area contributed by atoms with Gasteiger partial charge >= 0.3 is 12.0 Å². The third kappa shape index (κ3) is 3.85. The monoisotopic (exact) mass is 285 g/mol. The molecule has 1 aromatic rings. The van der Waals surface area contributed by atoms with Gasteiger partial charge in [0.05, 0.1) is 10.7 Å². The summed E-state index contributed by atoms with van der Waals surface area (Å²) in [5.74, 6) is -1.88. The zero-order chi connectivity index (χ0) is 14.6. The number of carboxylic acids is 1. The van der Waals surface area contributed by atoms with Crippen molar-refractivity contribution in [2.45, 2.75) is 13.0 Å². The van der Waals surface area contributed by atoms with Crippen LogP contribution in [0, 0.1) is 0 Å². The van der Waals surface area contributed by atoms with E-state index in [9.17, 15) is 14.4 Å². The Labute approximate surface area is 113 Å². The van der Waals surface area contributed by atoms with Crippen LogP contribution >= 0.6 is 11.6 Å².